The number of aliphatic hydroxyl groups is 1. The number of benzene rings is 1. The number of nitrogens with zero attached hydrogens (tertiary/aromatic N) is 1. The fourth-order valence-electron chi connectivity index (χ4n) is 1.80. The van der Waals surface area contributed by atoms with Crippen molar-refractivity contribution in [2.45, 2.75) is 24.3 Å². The summed E-state index contributed by atoms with van der Waals surface area (Å²) in [6.07, 6.45) is 1.78. The molecule has 1 heterocycles. The maximum atomic E-state index is 10.2. The van der Waals surface area contributed by atoms with Gasteiger partial charge in [0.25, 0.3) is 0 Å². The number of thioether (sulfide) groups is 1. The van der Waals surface area contributed by atoms with Crippen LogP contribution in [-0.4, -0.2) is 15.8 Å². The molecule has 0 radical (unpaired) electrons. The van der Waals surface area contributed by atoms with E-state index in [0.29, 0.717) is 6.42 Å². The van der Waals surface area contributed by atoms with E-state index in [1.54, 1.807) is 18.0 Å². The Morgan fingerprint density at radius 2 is 1.95 bits per heavy atom. The quantitative estimate of drug-likeness (QED) is 0.828. The summed E-state index contributed by atoms with van der Waals surface area (Å²) >= 11 is 5.15. The highest BCUT2D eigenvalue weighted by Gasteiger charge is 2.09. The summed E-state index contributed by atoms with van der Waals surface area (Å²) in [4.78, 5) is 5.52. The Bertz CT molecular complexity index is 513. The van der Waals surface area contributed by atoms with Crippen molar-refractivity contribution in [2.24, 2.45) is 0 Å². The SMILES string of the molecule is CCSc1ccc(C(O)Cc2ccc(Br)cn2)cc1. The number of hydrogen-bond acceptors (Lipinski definition) is 3. The number of pyridine rings is 1. The van der Waals surface area contributed by atoms with Crippen LogP contribution in [0.3, 0.4) is 0 Å². The zero-order valence-corrected chi connectivity index (χ0v) is 13.1. The Kier molecular flexibility index (Phi) is 5.43. The van der Waals surface area contributed by atoms with E-state index in [-0.39, 0.29) is 0 Å². The van der Waals surface area contributed by atoms with Gasteiger partial charge in [0, 0.05) is 27.7 Å². The second kappa shape index (κ2) is 7.08. The van der Waals surface area contributed by atoms with Gasteiger partial charge in [-0.25, -0.2) is 0 Å². The van der Waals surface area contributed by atoms with Gasteiger partial charge in [-0.3, -0.25) is 4.98 Å². The summed E-state index contributed by atoms with van der Waals surface area (Å²) in [6, 6.07) is 12.0. The first-order chi connectivity index (χ1) is 9.19. The van der Waals surface area contributed by atoms with Crippen molar-refractivity contribution in [2.75, 3.05) is 5.75 Å². The van der Waals surface area contributed by atoms with E-state index in [0.717, 1.165) is 21.5 Å². The second-order valence-corrected chi connectivity index (χ2v) is 6.44. The highest BCUT2D eigenvalue weighted by Crippen LogP contribution is 2.22. The van der Waals surface area contributed by atoms with Gasteiger partial charge >= 0.3 is 0 Å². The van der Waals surface area contributed by atoms with E-state index in [4.69, 9.17) is 0 Å². The van der Waals surface area contributed by atoms with Crippen LogP contribution in [0.2, 0.25) is 0 Å². The van der Waals surface area contributed by atoms with E-state index in [2.05, 4.69) is 40.0 Å². The average molecular weight is 338 g/mol. The third-order valence-corrected chi connectivity index (χ3v) is 4.13. The van der Waals surface area contributed by atoms with Gasteiger partial charge in [0.05, 0.1) is 6.10 Å². The van der Waals surface area contributed by atoms with Gasteiger partial charge in [0.15, 0.2) is 0 Å². The molecule has 0 saturated heterocycles. The number of aliphatic hydroxyl groups excluding tert-OH is 1. The molecule has 0 amide bonds. The largest absolute Gasteiger partial charge is 0.388 e. The smallest absolute Gasteiger partial charge is 0.0845 e. The normalized spacial score (nSPS) is 12.4. The van der Waals surface area contributed by atoms with Crippen molar-refractivity contribution in [1.82, 2.24) is 4.98 Å². The monoisotopic (exact) mass is 337 g/mol. The lowest BCUT2D eigenvalue weighted by atomic mass is 10.0. The van der Waals surface area contributed by atoms with Crippen molar-refractivity contribution in [3.8, 4) is 0 Å². The zero-order chi connectivity index (χ0) is 13.7. The first-order valence-corrected chi connectivity index (χ1v) is 7.98. The van der Waals surface area contributed by atoms with Crippen molar-refractivity contribution in [3.05, 3.63) is 58.3 Å². The first kappa shape index (κ1) is 14.6. The topological polar surface area (TPSA) is 33.1 Å². The van der Waals surface area contributed by atoms with Crippen LogP contribution < -0.4 is 0 Å². The molecule has 2 aromatic rings. The van der Waals surface area contributed by atoms with E-state index < -0.39 is 6.10 Å². The van der Waals surface area contributed by atoms with Crippen LogP contribution in [-0.2, 0) is 6.42 Å². The van der Waals surface area contributed by atoms with E-state index >= 15 is 0 Å². The summed E-state index contributed by atoms with van der Waals surface area (Å²) in [5.41, 5.74) is 1.83. The molecule has 1 aromatic carbocycles. The Balaban J connectivity index is 2.02. The van der Waals surface area contributed by atoms with Crippen molar-refractivity contribution >= 4 is 27.7 Å². The minimum atomic E-state index is -0.505. The summed E-state index contributed by atoms with van der Waals surface area (Å²) in [6.45, 7) is 2.13. The Labute approximate surface area is 126 Å². The Hall–Kier alpha value is -0.840. The lowest BCUT2D eigenvalue weighted by Crippen LogP contribution is -2.03. The van der Waals surface area contributed by atoms with Gasteiger partial charge in [-0.05, 0) is 51.5 Å². The van der Waals surface area contributed by atoms with Gasteiger partial charge in [0.2, 0.25) is 0 Å². The highest BCUT2D eigenvalue weighted by molar-refractivity contribution is 9.10. The lowest BCUT2D eigenvalue weighted by molar-refractivity contribution is 0.177. The standard InChI is InChI=1S/C15H16BrNOS/c1-2-19-14-7-3-11(4-8-14)15(18)9-13-6-5-12(16)10-17-13/h3-8,10,15,18H,2,9H2,1H3. The summed E-state index contributed by atoms with van der Waals surface area (Å²) in [5.74, 6) is 1.06. The van der Waals surface area contributed by atoms with E-state index in [9.17, 15) is 5.11 Å². The average Bonchev–Trinajstić information content (AvgIpc) is 2.42. The number of hydrogen-bond donors (Lipinski definition) is 1. The molecule has 0 bridgehead atoms. The Morgan fingerprint density at radius 1 is 1.21 bits per heavy atom. The van der Waals surface area contributed by atoms with Crippen LogP contribution in [0.25, 0.3) is 0 Å². The molecule has 1 unspecified atom stereocenters. The van der Waals surface area contributed by atoms with Gasteiger partial charge in [-0.2, -0.15) is 0 Å². The molecule has 1 aromatic heterocycles. The van der Waals surface area contributed by atoms with Crippen molar-refractivity contribution in [1.29, 1.82) is 0 Å². The molecule has 0 aliphatic rings. The van der Waals surface area contributed by atoms with Crippen LogP contribution in [0.15, 0.2) is 52.0 Å². The zero-order valence-electron chi connectivity index (χ0n) is 10.7. The van der Waals surface area contributed by atoms with Crippen molar-refractivity contribution in [3.63, 3.8) is 0 Å². The number of rotatable bonds is 5. The molecule has 0 fully saturated rings. The fourth-order valence-corrected chi connectivity index (χ4v) is 2.69. The van der Waals surface area contributed by atoms with Crippen LogP contribution >= 0.6 is 27.7 Å². The minimum Gasteiger partial charge on any atom is -0.388 e. The van der Waals surface area contributed by atoms with Crippen molar-refractivity contribution < 1.29 is 5.11 Å². The minimum absolute atomic E-state index is 0.505. The van der Waals surface area contributed by atoms with Gasteiger partial charge < -0.3 is 5.11 Å². The van der Waals surface area contributed by atoms with E-state index in [1.165, 1.54) is 4.90 Å². The van der Waals surface area contributed by atoms with E-state index in [1.807, 2.05) is 24.3 Å². The number of halogens is 1. The molecule has 1 N–H and O–H groups in total. The maximum Gasteiger partial charge on any atom is 0.0845 e. The second-order valence-electron chi connectivity index (χ2n) is 4.19. The van der Waals surface area contributed by atoms with Crippen LogP contribution in [0.5, 0.6) is 0 Å². The van der Waals surface area contributed by atoms with Gasteiger partial charge in [-0.15, -0.1) is 11.8 Å². The molecular weight excluding hydrogens is 322 g/mol. The molecule has 0 aliphatic carbocycles. The summed E-state index contributed by atoms with van der Waals surface area (Å²) < 4.78 is 0.951. The molecule has 100 valence electrons. The van der Waals surface area contributed by atoms with Gasteiger partial charge in [-0.1, -0.05) is 19.1 Å². The molecule has 4 heteroatoms. The third kappa shape index (κ3) is 4.34. The summed E-state index contributed by atoms with van der Waals surface area (Å²) in [5, 5.41) is 10.2. The maximum absolute atomic E-state index is 10.2. The molecule has 19 heavy (non-hydrogen) atoms. The highest BCUT2D eigenvalue weighted by atomic mass is 79.9. The summed E-state index contributed by atoms with van der Waals surface area (Å²) in [7, 11) is 0. The molecule has 1 atom stereocenters. The predicted octanol–water partition coefficient (Wildman–Crippen LogP) is 4.23. The molecule has 2 rings (SSSR count). The number of aromatic nitrogens is 1. The first-order valence-electron chi connectivity index (χ1n) is 6.20. The molecule has 0 aliphatic heterocycles. The molecule has 2 nitrogen and oxygen atoms in total. The molecule has 0 saturated carbocycles. The molecule has 0 spiro atoms. The fraction of sp³-hybridized carbons (Fsp3) is 0.267. The van der Waals surface area contributed by atoms with Crippen LogP contribution in [0.1, 0.15) is 24.3 Å². The van der Waals surface area contributed by atoms with Gasteiger partial charge in [0.1, 0.15) is 0 Å². The van der Waals surface area contributed by atoms with Crippen LogP contribution in [0, 0.1) is 0 Å². The Morgan fingerprint density at radius 3 is 2.53 bits per heavy atom. The predicted molar refractivity (Wildman–Crippen MR) is 83.4 cm³/mol. The lowest BCUT2D eigenvalue weighted by Gasteiger charge is -2.11. The molecular formula is C15H16BrNOS. The van der Waals surface area contributed by atoms with Crippen LogP contribution in [0.4, 0.5) is 0 Å². The third-order valence-electron chi connectivity index (χ3n) is 2.77.